The van der Waals surface area contributed by atoms with Crippen LogP contribution in [0.25, 0.3) is 0 Å². The van der Waals surface area contributed by atoms with Crippen molar-refractivity contribution in [3.63, 3.8) is 0 Å². The fraction of sp³-hybridized carbons (Fsp3) is 0.294. The maximum absolute atomic E-state index is 12.6. The summed E-state index contributed by atoms with van der Waals surface area (Å²) in [5, 5.41) is 0.501. The molecular formula is C17H18ClNO3S. The van der Waals surface area contributed by atoms with Gasteiger partial charge in [0.05, 0.1) is 10.9 Å². The summed E-state index contributed by atoms with van der Waals surface area (Å²) in [5.74, 6) is 0.715. The smallest absolute Gasteiger partial charge is 0.241 e. The van der Waals surface area contributed by atoms with Gasteiger partial charge in [-0.05, 0) is 44.2 Å². The van der Waals surface area contributed by atoms with Crippen molar-refractivity contribution in [1.29, 1.82) is 0 Å². The lowest BCUT2D eigenvalue weighted by atomic mass is 9.90. The number of hydrogen-bond donors (Lipinski definition) is 1. The molecule has 0 saturated heterocycles. The van der Waals surface area contributed by atoms with Gasteiger partial charge < -0.3 is 4.74 Å². The number of benzene rings is 2. The average molecular weight is 352 g/mol. The summed E-state index contributed by atoms with van der Waals surface area (Å²) < 4.78 is 34.0. The van der Waals surface area contributed by atoms with Crippen LogP contribution in [0.4, 0.5) is 0 Å². The summed E-state index contributed by atoms with van der Waals surface area (Å²) >= 11 is 5.83. The van der Waals surface area contributed by atoms with E-state index >= 15 is 0 Å². The Hall–Kier alpha value is -1.56. The van der Waals surface area contributed by atoms with Crippen molar-refractivity contribution in [2.24, 2.45) is 0 Å². The number of rotatable bonds is 3. The maximum Gasteiger partial charge on any atom is 0.241 e. The van der Waals surface area contributed by atoms with Gasteiger partial charge in [-0.25, -0.2) is 13.1 Å². The van der Waals surface area contributed by atoms with Crippen molar-refractivity contribution in [3.8, 4) is 5.75 Å². The van der Waals surface area contributed by atoms with Crippen molar-refractivity contribution < 1.29 is 13.2 Å². The fourth-order valence-corrected chi connectivity index (χ4v) is 4.12. The van der Waals surface area contributed by atoms with Gasteiger partial charge in [-0.3, -0.25) is 0 Å². The molecule has 2 aromatic rings. The molecule has 3 rings (SSSR count). The molecule has 1 aliphatic rings. The fourth-order valence-electron chi connectivity index (χ4n) is 2.78. The lowest BCUT2D eigenvalue weighted by molar-refractivity contribution is 0.0702. The first-order valence-electron chi connectivity index (χ1n) is 7.33. The second-order valence-corrected chi connectivity index (χ2v) is 8.38. The van der Waals surface area contributed by atoms with Crippen LogP contribution < -0.4 is 9.46 Å². The second-order valence-electron chi connectivity index (χ2n) is 6.23. The monoisotopic (exact) mass is 351 g/mol. The first kappa shape index (κ1) is 16.3. The van der Waals surface area contributed by atoms with Gasteiger partial charge in [0.2, 0.25) is 10.0 Å². The number of sulfonamides is 1. The Bertz CT molecular complexity index is 816. The Balaban J connectivity index is 1.94. The third-order valence-electron chi connectivity index (χ3n) is 3.80. The zero-order valence-electron chi connectivity index (χ0n) is 12.9. The number of para-hydroxylation sites is 1. The lowest BCUT2D eigenvalue weighted by Gasteiger charge is -2.37. The molecule has 0 bridgehead atoms. The van der Waals surface area contributed by atoms with E-state index in [-0.39, 0.29) is 10.9 Å². The normalized spacial score (nSPS) is 19.7. The van der Waals surface area contributed by atoms with Crippen LogP contribution >= 0.6 is 11.6 Å². The van der Waals surface area contributed by atoms with Gasteiger partial charge >= 0.3 is 0 Å². The Kier molecular flexibility index (Phi) is 4.12. The summed E-state index contributed by atoms with van der Waals surface area (Å²) in [4.78, 5) is 0.198. The Morgan fingerprint density at radius 3 is 2.48 bits per heavy atom. The minimum absolute atomic E-state index is 0.198. The summed E-state index contributed by atoms with van der Waals surface area (Å²) in [5.41, 5.74) is 0.408. The zero-order valence-corrected chi connectivity index (χ0v) is 14.5. The molecule has 0 aromatic heterocycles. The first-order valence-corrected chi connectivity index (χ1v) is 9.19. The molecule has 1 atom stereocenters. The van der Waals surface area contributed by atoms with Gasteiger partial charge in [0.1, 0.15) is 11.4 Å². The number of hydrogen-bond acceptors (Lipinski definition) is 3. The Morgan fingerprint density at radius 1 is 1.13 bits per heavy atom. The van der Waals surface area contributed by atoms with Gasteiger partial charge in [-0.15, -0.1) is 0 Å². The number of halogens is 1. The van der Waals surface area contributed by atoms with E-state index in [1.165, 1.54) is 12.1 Å². The molecule has 1 heterocycles. The average Bonchev–Trinajstić information content (AvgIpc) is 2.46. The standard InChI is InChI=1S/C17H18ClNO3S/c1-17(2)11-15(14-5-3-4-6-16(14)22-17)19-23(20,21)13-9-7-12(18)8-10-13/h3-10,15,19H,11H2,1-2H3/t15-/m1/s1. The first-order chi connectivity index (χ1) is 10.8. The molecule has 0 spiro atoms. The highest BCUT2D eigenvalue weighted by Crippen LogP contribution is 2.39. The highest BCUT2D eigenvalue weighted by Gasteiger charge is 2.35. The summed E-state index contributed by atoms with van der Waals surface area (Å²) in [6.07, 6.45) is 0.552. The van der Waals surface area contributed by atoms with Crippen molar-refractivity contribution in [3.05, 3.63) is 59.1 Å². The van der Waals surface area contributed by atoms with E-state index in [1.807, 2.05) is 38.1 Å². The van der Waals surface area contributed by atoms with Crippen molar-refractivity contribution in [2.45, 2.75) is 36.8 Å². The van der Waals surface area contributed by atoms with Crippen LogP contribution in [-0.4, -0.2) is 14.0 Å². The van der Waals surface area contributed by atoms with Gasteiger partial charge in [-0.2, -0.15) is 0 Å². The topological polar surface area (TPSA) is 55.4 Å². The van der Waals surface area contributed by atoms with Crippen LogP contribution in [0.3, 0.4) is 0 Å². The van der Waals surface area contributed by atoms with E-state index in [1.54, 1.807) is 12.1 Å². The molecule has 2 aromatic carbocycles. The molecule has 1 N–H and O–H groups in total. The van der Waals surface area contributed by atoms with Gasteiger partial charge in [-0.1, -0.05) is 29.8 Å². The lowest BCUT2D eigenvalue weighted by Crippen LogP contribution is -2.41. The minimum Gasteiger partial charge on any atom is -0.487 e. The number of nitrogens with one attached hydrogen (secondary N) is 1. The molecule has 0 fully saturated rings. The van der Waals surface area contributed by atoms with E-state index in [0.29, 0.717) is 17.2 Å². The van der Waals surface area contributed by atoms with Crippen LogP contribution in [0.5, 0.6) is 5.75 Å². The summed E-state index contributed by atoms with van der Waals surface area (Å²) in [6, 6.07) is 13.3. The Morgan fingerprint density at radius 2 is 1.78 bits per heavy atom. The third kappa shape index (κ3) is 3.52. The van der Waals surface area contributed by atoms with E-state index in [9.17, 15) is 8.42 Å². The molecule has 122 valence electrons. The quantitative estimate of drug-likeness (QED) is 0.911. The number of ether oxygens (including phenoxy) is 1. The molecule has 6 heteroatoms. The predicted octanol–water partition coefficient (Wildman–Crippen LogP) is 3.92. The number of fused-ring (bicyclic) bond motifs is 1. The maximum atomic E-state index is 12.6. The van der Waals surface area contributed by atoms with Crippen LogP contribution in [0.1, 0.15) is 31.9 Å². The minimum atomic E-state index is -3.63. The molecule has 4 nitrogen and oxygen atoms in total. The van der Waals surface area contributed by atoms with Crippen LogP contribution in [0.15, 0.2) is 53.4 Å². The van der Waals surface area contributed by atoms with Gasteiger partial charge in [0.15, 0.2) is 0 Å². The van der Waals surface area contributed by atoms with E-state index < -0.39 is 15.6 Å². The van der Waals surface area contributed by atoms with Crippen LogP contribution in [0, 0.1) is 0 Å². The molecule has 0 saturated carbocycles. The molecular weight excluding hydrogens is 334 g/mol. The molecule has 0 unspecified atom stereocenters. The van der Waals surface area contributed by atoms with Crippen LogP contribution in [-0.2, 0) is 10.0 Å². The zero-order chi connectivity index (χ0) is 16.7. The predicted molar refractivity (Wildman–Crippen MR) is 90.3 cm³/mol. The highest BCUT2D eigenvalue weighted by atomic mass is 35.5. The van der Waals surface area contributed by atoms with Gasteiger partial charge in [0, 0.05) is 17.0 Å². The highest BCUT2D eigenvalue weighted by molar-refractivity contribution is 7.89. The van der Waals surface area contributed by atoms with E-state index in [0.717, 1.165) is 5.56 Å². The molecule has 1 aliphatic heterocycles. The third-order valence-corrected chi connectivity index (χ3v) is 5.54. The molecule has 0 radical (unpaired) electrons. The second kappa shape index (κ2) is 5.82. The van der Waals surface area contributed by atoms with Crippen molar-refractivity contribution >= 4 is 21.6 Å². The van der Waals surface area contributed by atoms with Crippen molar-refractivity contribution in [2.75, 3.05) is 0 Å². The SMILES string of the molecule is CC1(C)C[C@@H](NS(=O)(=O)c2ccc(Cl)cc2)c2ccccc2O1. The van der Waals surface area contributed by atoms with E-state index in [2.05, 4.69) is 4.72 Å². The van der Waals surface area contributed by atoms with E-state index in [4.69, 9.17) is 16.3 Å². The summed E-state index contributed by atoms with van der Waals surface area (Å²) in [6.45, 7) is 3.90. The van der Waals surface area contributed by atoms with Gasteiger partial charge in [0.25, 0.3) is 0 Å². The molecule has 23 heavy (non-hydrogen) atoms. The largest absolute Gasteiger partial charge is 0.487 e. The Labute approximate surface area is 141 Å². The summed E-state index contributed by atoms with van der Waals surface area (Å²) in [7, 11) is -3.63. The molecule has 0 amide bonds. The van der Waals surface area contributed by atoms with Crippen LogP contribution in [0.2, 0.25) is 5.02 Å². The molecule has 0 aliphatic carbocycles. The van der Waals surface area contributed by atoms with Crippen molar-refractivity contribution in [1.82, 2.24) is 4.72 Å².